The third kappa shape index (κ3) is 5.68. The van der Waals surface area contributed by atoms with Gasteiger partial charge in [-0.1, -0.05) is 49.7 Å². The summed E-state index contributed by atoms with van der Waals surface area (Å²) >= 11 is 6.16. The van der Waals surface area contributed by atoms with Crippen LogP contribution in [0.15, 0.2) is 66.7 Å². The SMILES string of the molecule is COc1ccc(C(=O)N(CCc2cccc(Cl)c2)C2CC(=O)N(c3ccc(C(C)C)cc3)C2=O)cc1OC. The molecule has 0 radical (unpaired) electrons. The summed E-state index contributed by atoms with van der Waals surface area (Å²) in [5, 5.41) is 0.586. The molecule has 0 bridgehead atoms. The number of anilines is 1. The molecule has 1 unspecified atom stereocenters. The number of hydrogen-bond acceptors (Lipinski definition) is 5. The van der Waals surface area contributed by atoms with E-state index in [-0.39, 0.29) is 24.8 Å². The Morgan fingerprint density at radius 3 is 2.34 bits per heavy atom. The van der Waals surface area contributed by atoms with Crippen LogP contribution in [-0.4, -0.2) is 49.4 Å². The summed E-state index contributed by atoms with van der Waals surface area (Å²) < 4.78 is 10.7. The van der Waals surface area contributed by atoms with Gasteiger partial charge in [0.25, 0.3) is 11.8 Å². The van der Waals surface area contributed by atoms with Crippen molar-refractivity contribution in [3.8, 4) is 11.5 Å². The first-order valence-corrected chi connectivity index (χ1v) is 12.9. The van der Waals surface area contributed by atoms with Crippen LogP contribution in [0.25, 0.3) is 0 Å². The van der Waals surface area contributed by atoms with E-state index in [1.165, 1.54) is 24.0 Å². The average molecular weight is 535 g/mol. The van der Waals surface area contributed by atoms with E-state index in [1.54, 1.807) is 36.4 Å². The van der Waals surface area contributed by atoms with Gasteiger partial charge in [0, 0.05) is 17.1 Å². The Morgan fingerprint density at radius 1 is 1.00 bits per heavy atom. The number of benzene rings is 3. The molecule has 0 N–H and O–H groups in total. The number of methoxy groups -OCH3 is 2. The lowest BCUT2D eigenvalue weighted by atomic mass is 10.0. The second kappa shape index (κ2) is 11.7. The number of nitrogens with zero attached hydrogens (tertiary/aromatic N) is 2. The number of hydrogen-bond donors (Lipinski definition) is 0. The molecule has 1 heterocycles. The van der Waals surface area contributed by atoms with Gasteiger partial charge in [-0.2, -0.15) is 0 Å². The number of amides is 3. The van der Waals surface area contributed by atoms with E-state index in [1.807, 2.05) is 30.3 Å². The zero-order chi connectivity index (χ0) is 27.4. The van der Waals surface area contributed by atoms with Gasteiger partial charge in [-0.3, -0.25) is 14.4 Å². The quantitative estimate of drug-likeness (QED) is 0.339. The standard InChI is InChI=1S/C30H31ClN2O5/c1-19(2)21-8-11-24(12-9-21)33-28(34)18-25(30(33)36)32(15-14-20-6-5-7-23(31)16-20)29(35)22-10-13-26(37-3)27(17-22)38-4/h5-13,16-17,19,25H,14-15,18H2,1-4H3. The van der Waals surface area contributed by atoms with Gasteiger partial charge in [-0.25, -0.2) is 4.90 Å². The van der Waals surface area contributed by atoms with Crippen molar-refractivity contribution in [1.29, 1.82) is 0 Å². The van der Waals surface area contributed by atoms with Crippen molar-refractivity contribution in [3.63, 3.8) is 0 Å². The fourth-order valence-corrected chi connectivity index (χ4v) is 4.83. The van der Waals surface area contributed by atoms with Crippen molar-refractivity contribution in [3.05, 3.63) is 88.4 Å². The number of halogens is 1. The zero-order valence-corrected chi connectivity index (χ0v) is 22.7. The highest BCUT2D eigenvalue weighted by molar-refractivity contribution is 6.30. The van der Waals surface area contributed by atoms with Crippen LogP contribution in [0.1, 0.15) is 47.7 Å². The second-order valence-corrected chi connectivity index (χ2v) is 9.92. The summed E-state index contributed by atoms with van der Waals surface area (Å²) in [4.78, 5) is 43.2. The summed E-state index contributed by atoms with van der Waals surface area (Å²) in [6, 6.07) is 18.7. The maximum atomic E-state index is 13.8. The van der Waals surface area contributed by atoms with Crippen LogP contribution >= 0.6 is 11.6 Å². The Bertz CT molecular complexity index is 1340. The van der Waals surface area contributed by atoms with Crippen LogP contribution in [-0.2, 0) is 16.0 Å². The molecule has 0 aliphatic carbocycles. The van der Waals surface area contributed by atoms with Gasteiger partial charge in [-0.05, 0) is 65.9 Å². The molecular weight excluding hydrogens is 504 g/mol. The monoisotopic (exact) mass is 534 g/mol. The van der Waals surface area contributed by atoms with Crippen molar-refractivity contribution >= 4 is 35.0 Å². The molecule has 1 aliphatic heterocycles. The fraction of sp³-hybridized carbons (Fsp3) is 0.300. The van der Waals surface area contributed by atoms with Gasteiger partial charge in [0.15, 0.2) is 11.5 Å². The van der Waals surface area contributed by atoms with E-state index in [9.17, 15) is 14.4 Å². The van der Waals surface area contributed by atoms with Gasteiger partial charge in [-0.15, -0.1) is 0 Å². The van der Waals surface area contributed by atoms with Crippen LogP contribution in [0.4, 0.5) is 5.69 Å². The molecule has 1 aliphatic rings. The smallest absolute Gasteiger partial charge is 0.257 e. The predicted octanol–water partition coefficient (Wildman–Crippen LogP) is 5.50. The Balaban J connectivity index is 1.66. The first kappa shape index (κ1) is 27.2. The maximum absolute atomic E-state index is 13.8. The number of carbonyl (C=O) groups is 3. The van der Waals surface area contributed by atoms with Crippen LogP contribution in [0, 0.1) is 0 Å². The third-order valence-electron chi connectivity index (χ3n) is 6.74. The zero-order valence-electron chi connectivity index (χ0n) is 21.9. The molecule has 1 fully saturated rings. The van der Waals surface area contributed by atoms with E-state index in [0.29, 0.717) is 40.1 Å². The van der Waals surface area contributed by atoms with Crippen molar-refractivity contribution in [2.75, 3.05) is 25.7 Å². The lowest BCUT2D eigenvalue weighted by Crippen LogP contribution is -2.46. The molecule has 198 valence electrons. The second-order valence-electron chi connectivity index (χ2n) is 9.48. The molecule has 0 aromatic heterocycles. The number of imide groups is 1. The van der Waals surface area contributed by atoms with Gasteiger partial charge in [0.2, 0.25) is 5.91 Å². The topological polar surface area (TPSA) is 76.2 Å². The number of rotatable bonds is 9. The Labute approximate surface area is 227 Å². The van der Waals surface area contributed by atoms with E-state index < -0.39 is 11.9 Å². The lowest BCUT2D eigenvalue weighted by Gasteiger charge is -2.28. The van der Waals surface area contributed by atoms with Gasteiger partial charge in [0.1, 0.15) is 6.04 Å². The van der Waals surface area contributed by atoms with Crippen LogP contribution in [0.3, 0.4) is 0 Å². The summed E-state index contributed by atoms with van der Waals surface area (Å²) in [6.45, 7) is 4.38. The molecule has 3 amide bonds. The normalized spacial score (nSPS) is 15.2. The average Bonchev–Trinajstić information content (AvgIpc) is 3.21. The third-order valence-corrected chi connectivity index (χ3v) is 6.97. The molecule has 38 heavy (non-hydrogen) atoms. The number of carbonyl (C=O) groups excluding carboxylic acids is 3. The van der Waals surface area contributed by atoms with Crippen molar-refractivity contribution in [2.45, 2.75) is 38.6 Å². The van der Waals surface area contributed by atoms with E-state index >= 15 is 0 Å². The minimum absolute atomic E-state index is 0.0979. The van der Waals surface area contributed by atoms with Crippen molar-refractivity contribution in [1.82, 2.24) is 4.90 Å². The van der Waals surface area contributed by atoms with Crippen LogP contribution < -0.4 is 14.4 Å². The Morgan fingerprint density at radius 2 is 1.71 bits per heavy atom. The summed E-state index contributed by atoms with van der Waals surface area (Å²) in [6.07, 6.45) is 0.361. The molecule has 0 spiro atoms. The molecule has 1 atom stereocenters. The molecule has 0 saturated carbocycles. The van der Waals surface area contributed by atoms with E-state index in [2.05, 4.69) is 13.8 Å². The highest BCUT2D eigenvalue weighted by Crippen LogP contribution is 2.31. The Kier molecular flexibility index (Phi) is 8.37. The summed E-state index contributed by atoms with van der Waals surface area (Å²) in [5.41, 5.74) is 2.85. The number of ether oxygens (including phenoxy) is 2. The first-order chi connectivity index (χ1) is 18.2. The largest absolute Gasteiger partial charge is 0.493 e. The first-order valence-electron chi connectivity index (χ1n) is 12.5. The minimum atomic E-state index is -0.938. The molecule has 3 aromatic rings. The van der Waals surface area contributed by atoms with Crippen molar-refractivity contribution in [2.24, 2.45) is 0 Å². The van der Waals surface area contributed by atoms with Gasteiger partial charge in [0.05, 0.1) is 26.3 Å². The molecule has 4 rings (SSSR count). The van der Waals surface area contributed by atoms with Crippen LogP contribution in [0.5, 0.6) is 11.5 Å². The van der Waals surface area contributed by atoms with E-state index in [4.69, 9.17) is 21.1 Å². The summed E-state index contributed by atoms with van der Waals surface area (Å²) in [5.74, 6) is 0.0582. The molecular formula is C30H31ClN2O5. The van der Waals surface area contributed by atoms with Gasteiger partial charge >= 0.3 is 0 Å². The van der Waals surface area contributed by atoms with E-state index in [0.717, 1.165) is 11.1 Å². The minimum Gasteiger partial charge on any atom is -0.493 e. The lowest BCUT2D eigenvalue weighted by molar-refractivity contribution is -0.122. The highest BCUT2D eigenvalue weighted by Gasteiger charge is 2.44. The molecule has 3 aromatic carbocycles. The maximum Gasteiger partial charge on any atom is 0.257 e. The molecule has 8 heteroatoms. The van der Waals surface area contributed by atoms with Crippen LogP contribution in [0.2, 0.25) is 5.02 Å². The fourth-order valence-electron chi connectivity index (χ4n) is 4.61. The predicted molar refractivity (Wildman–Crippen MR) is 147 cm³/mol. The molecule has 1 saturated heterocycles. The highest BCUT2D eigenvalue weighted by atomic mass is 35.5. The summed E-state index contributed by atoms with van der Waals surface area (Å²) in [7, 11) is 3.01. The van der Waals surface area contributed by atoms with Crippen molar-refractivity contribution < 1.29 is 23.9 Å². The molecule has 7 nitrogen and oxygen atoms in total. The van der Waals surface area contributed by atoms with Gasteiger partial charge < -0.3 is 14.4 Å². The Hall–Kier alpha value is -3.84.